The molecule has 3 rings (SSSR count). The molecule has 7 heteroatoms. The predicted molar refractivity (Wildman–Crippen MR) is 92.1 cm³/mol. The van der Waals surface area contributed by atoms with E-state index in [0.29, 0.717) is 17.3 Å². The van der Waals surface area contributed by atoms with E-state index in [1.165, 1.54) is 0 Å². The van der Waals surface area contributed by atoms with E-state index in [9.17, 15) is 9.59 Å². The second-order valence-electron chi connectivity index (χ2n) is 6.01. The van der Waals surface area contributed by atoms with Crippen molar-refractivity contribution in [2.75, 3.05) is 11.4 Å². The number of para-hydroxylation sites is 1. The zero-order valence-electron chi connectivity index (χ0n) is 13.6. The van der Waals surface area contributed by atoms with Crippen LogP contribution in [0.4, 0.5) is 5.69 Å². The summed E-state index contributed by atoms with van der Waals surface area (Å²) in [7, 11) is 0. The van der Waals surface area contributed by atoms with Crippen LogP contribution < -0.4 is 10.2 Å². The van der Waals surface area contributed by atoms with Gasteiger partial charge in [0.1, 0.15) is 0 Å². The number of hydrogen-bond donors (Lipinski definition) is 2. The SMILES string of the molecule is Cc1n[nH]c(C)c1CC(=O)N[C@H]1CC(=O)N(c2ccccc2Cl)C1. The minimum Gasteiger partial charge on any atom is -0.351 e. The smallest absolute Gasteiger partial charge is 0.229 e. The molecule has 0 aliphatic carbocycles. The van der Waals surface area contributed by atoms with Gasteiger partial charge in [-0.2, -0.15) is 5.10 Å². The second-order valence-corrected chi connectivity index (χ2v) is 6.42. The highest BCUT2D eigenvalue weighted by Gasteiger charge is 2.32. The van der Waals surface area contributed by atoms with Crippen LogP contribution in [0.5, 0.6) is 0 Å². The summed E-state index contributed by atoms with van der Waals surface area (Å²) in [4.78, 5) is 26.2. The molecule has 1 atom stereocenters. The Morgan fingerprint density at radius 1 is 1.42 bits per heavy atom. The molecule has 1 aliphatic heterocycles. The number of benzene rings is 1. The number of amides is 2. The van der Waals surface area contributed by atoms with Crippen molar-refractivity contribution in [3.63, 3.8) is 0 Å². The number of H-pyrrole nitrogens is 1. The molecule has 6 nitrogen and oxygen atoms in total. The Kier molecular flexibility index (Phi) is 4.57. The molecule has 0 spiro atoms. The van der Waals surface area contributed by atoms with Crippen LogP contribution in [-0.4, -0.2) is 34.6 Å². The van der Waals surface area contributed by atoms with Crippen molar-refractivity contribution in [3.8, 4) is 0 Å². The predicted octanol–water partition coefficient (Wildman–Crippen LogP) is 2.14. The molecule has 24 heavy (non-hydrogen) atoms. The second kappa shape index (κ2) is 6.65. The topological polar surface area (TPSA) is 78.1 Å². The van der Waals surface area contributed by atoms with Gasteiger partial charge in [0, 0.05) is 24.2 Å². The summed E-state index contributed by atoms with van der Waals surface area (Å²) >= 11 is 6.16. The average Bonchev–Trinajstić information content (AvgIpc) is 3.04. The molecule has 2 heterocycles. The summed E-state index contributed by atoms with van der Waals surface area (Å²) in [6, 6.07) is 7.00. The van der Waals surface area contributed by atoms with Crippen molar-refractivity contribution in [1.29, 1.82) is 0 Å². The molecule has 0 unspecified atom stereocenters. The molecule has 2 amide bonds. The molecule has 1 aliphatic rings. The summed E-state index contributed by atoms with van der Waals surface area (Å²) in [5.41, 5.74) is 3.30. The highest BCUT2D eigenvalue weighted by molar-refractivity contribution is 6.33. The van der Waals surface area contributed by atoms with E-state index in [1.807, 2.05) is 32.0 Å². The molecular formula is C17H19ClN4O2. The van der Waals surface area contributed by atoms with Gasteiger partial charge in [0.25, 0.3) is 0 Å². The lowest BCUT2D eigenvalue weighted by Gasteiger charge is -2.18. The number of carbonyl (C=O) groups excluding carboxylic acids is 2. The van der Waals surface area contributed by atoms with Crippen molar-refractivity contribution in [3.05, 3.63) is 46.2 Å². The van der Waals surface area contributed by atoms with Crippen molar-refractivity contribution >= 4 is 29.1 Å². The van der Waals surface area contributed by atoms with Crippen LogP contribution in [0.3, 0.4) is 0 Å². The maximum absolute atomic E-state index is 12.3. The number of halogens is 1. The van der Waals surface area contributed by atoms with Crippen LogP contribution in [0.2, 0.25) is 5.02 Å². The molecule has 1 aromatic heterocycles. The van der Waals surface area contributed by atoms with Crippen molar-refractivity contribution in [2.45, 2.75) is 32.7 Å². The van der Waals surface area contributed by atoms with Gasteiger partial charge >= 0.3 is 0 Å². The van der Waals surface area contributed by atoms with Gasteiger partial charge in [0.2, 0.25) is 11.8 Å². The highest BCUT2D eigenvalue weighted by atomic mass is 35.5. The Morgan fingerprint density at radius 2 is 2.17 bits per heavy atom. The third-order valence-electron chi connectivity index (χ3n) is 4.25. The number of aryl methyl sites for hydroxylation is 2. The minimum atomic E-state index is -0.214. The third kappa shape index (κ3) is 3.28. The van der Waals surface area contributed by atoms with Crippen LogP contribution in [0.25, 0.3) is 0 Å². The van der Waals surface area contributed by atoms with Crippen molar-refractivity contribution in [2.24, 2.45) is 0 Å². The fourth-order valence-electron chi connectivity index (χ4n) is 2.98. The first-order valence-electron chi connectivity index (χ1n) is 7.80. The van der Waals surface area contributed by atoms with E-state index in [-0.39, 0.29) is 30.7 Å². The van der Waals surface area contributed by atoms with Gasteiger partial charge in [-0.15, -0.1) is 0 Å². The van der Waals surface area contributed by atoms with Gasteiger partial charge in [-0.05, 0) is 26.0 Å². The van der Waals surface area contributed by atoms with Gasteiger partial charge in [-0.25, -0.2) is 0 Å². The Hall–Kier alpha value is -2.34. The summed E-state index contributed by atoms with van der Waals surface area (Å²) in [5, 5.41) is 10.4. The van der Waals surface area contributed by atoms with E-state index >= 15 is 0 Å². The highest BCUT2D eigenvalue weighted by Crippen LogP contribution is 2.29. The van der Waals surface area contributed by atoms with Crippen LogP contribution in [0.15, 0.2) is 24.3 Å². The van der Waals surface area contributed by atoms with Gasteiger partial charge in [0.15, 0.2) is 0 Å². The number of aromatic amines is 1. The zero-order valence-corrected chi connectivity index (χ0v) is 14.4. The number of nitrogens with one attached hydrogen (secondary N) is 2. The Bertz CT molecular complexity index is 767. The lowest BCUT2D eigenvalue weighted by molar-refractivity contribution is -0.121. The van der Waals surface area contributed by atoms with E-state index in [2.05, 4.69) is 15.5 Å². The molecule has 1 saturated heterocycles. The summed E-state index contributed by atoms with van der Waals surface area (Å²) in [5.74, 6) is -0.148. The van der Waals surface area contributed by atoms with E-state index in [4.69, 9.17) is 11.6 Å². The number of rotatable bonds is 4. The first-order chi connectivity index (χ1) is 11.5. The molecule has 0 saturated carbocycles. The van der Waals surface area contributed by atoms with Gasteiger partial charge < -0.3 is 10.2 Å². The van der Waals surface area contributed by atoms with E-state index in [0.717, 1.165) is 17.0 Å². The molecule has 0 bridgehead atoms. The average molecular weight is 347 g/mol. The number of hydrogen-bond acceptors (Lipinski definition) is 3. The fraction of sp³-hybridized carbons (Fsp3) is 0.353. The Labute approximate surface area is 145 Å². The van der Waals surface area contributed by atoms with Crippen LogP contribution in [-0.2, 0) is 16.0 Å². The van der Waals surface area contributed by atoms with Crippen molar-refractivity contribution < 1.29 is 9.59 Å². The molecule has 1 fully saturated rings. The standard InChI is InChI=1S/C17H19ClN4O2/c1-10-13(11(2)21-20-10)8-16(23)19-12-7-17(24)22(9-12)15-6-4-3-5-14(15)18/h3-6,12H,7-9H2,1-2H3,(H,19,23)(H,20,21)/t12-/m0/s1. The lowest BCUT2D eigenvalue weighted by Crippen LogP contribution is -2.38. The molecule has 2 aromatic rings. The number of carbonyl (C=O) groups is 2. The van der Waals surface area contributed by atoms with Crippen LogP contribution >= 0.6 is 11.6 Å². The monoisotopic (exact) mass is 346 g/mol. The summed E-state index contributed by atoms with van der Waals surface area (Å²) in [6.45, 7) is 4.18. The first kappa shape index (κ1) is 16.5. The molecule has 126 valence electrons. The number of anilines is 1. The van der Waals surface area contributed by atoms with E-state index < -0.39 is 0 Å². The normalized spacial score (nSPS) is 17.4. The maximum Gasteiger partial charge on any atom is 0.229 e. The summed E-state index contributed by atoms with van der Waals surface area (Å²) in [6.07, 6.45) is 0.533. The first-order valence-corrected chi connectivity index (χ1v) is 8.18. The Morgan fingerprint density at radius 3 is 2.83 bits per heavy atom. The third-order valence-corrected chi connectivity index (χ3v) is 4.57. The van der Waals surface area contributed by atoms with Crippen molar-refractivity contribution in [1.82, 2.24) is 15.5 Å². The van der Waals surface area contributed by atoms with E-state index in [1.54, 1.807) is 11.0 Å². The largest absolute Gasteiger partial charge is 0.351 e. The summed E-state index contributed by atoms with van der Waals surface area (Å²) < 4.78 is 0. The quantitative estimate of drug-likeness (QED) is 0.890. The Balaban J connectivity index is 1.64. The molecule has 1 aromatic carbocycles. The number of nitrogens with zero attached hydrogens (tertiary/aromatic N) is 2. The lowest BCUT2D eigenvalue weighted by atomic mass is 10.1. The van der Waals surface area contributed by atoms with Crippen LogP contribution in [0.1, 0.15) is 23.4 Å². The zero-order chi connectivity index (χ0) is 17.3. The van der Waals surface area contributed by atoms with Gasteiger partial charge in [-0.3, -0.25) is 14.7 Å². The van der Waals surface area contributed by atoms with Crippen LogP contribution in [0, 0.1) is 13.8 Å². The van der Waals surface area contributed by atoms with Gasteiger partial charge in [-0.1, -0.05) is 23.7 Å². The molecular weight excluding hydrogens is 328 g/mol. The number of aromatic nitrogens is 2. The minimum absolute atomic E-state index is 0.0379. The van der Waals surface area contributed by atoms with Gasteiger partial charge in [0.05, 0.1) is 28.9 Å². The molecule has 2 N–H and O–H groups in total. The maximum atomic E-state index is 12.3. The molecule has 0 radical (unpaired) electrons. The fourth-order valence-corrected chi connectivity index (χ4v) is 3.22.